The molecule has 0 bridgehead atoms. The zero-order valence-corrected chi connectivity index (χ0v) is 15.3. The fraction of sp³-hybridized carbons (Fsp3) is 0.350. The fourth-order valence-electron chi connectivity index (χ4n) is 4.01. The van der Waals surface area contributed by atoms with Crippen LogP contribution >= 0.6 is 0 Å². The summed E-state index contributed by atoms with van der Waals surface area (Å²) in [6.07, 6.45) is 1.87. The Morgan fingerprint density at radius 2 is 1.73 bits per heavy atom. The van der Waals surface area contributed by atoms with Crippen LogP contribution in [0.3, 0.4) is 0 Å². The van der Waals surface area contributed by atoms with Gasteiger partial charge in [0.15, 0.2) is 5.78 Å². The second-order valence-electron chi connectivity index (χ2n) is 7.21. The molecule has 1 atom stereocenters. The van der Waals surface area contributed by atoms with E-state index in [0.29, 0.717) is 18.7 Å². The number of rotatable bonds is 4. The van der Waals surface area contributed by atoms with Crippen LogP contribution in [0.15, 0.2) is 59.5 Å². The number of nitrogens with zero attached hydrogens (tertiary/aromatic N) is 1. The molecule has 2 aromatic carbocycles. The number of hydrogen-bond acceptors (Lipinski definition) is 4. The van der Waals surface area contributed by atoms with E-state index in [9.17, 15) is 13.2 Å². The van der Waals surface area contributed by atoms with E-state index in [2.05, 4.69) is 5.32 Å². The minimum absolute atomic E-state index is 0.0471. The second-order valence-corrected chi connectivity index (χ2v) is 9.11. The van der Waals surface area contributed by atoms with Crippen LogP contribution in [0.1, 0.15) is 28.8 Å². The fourth-order valence-corrected chi connectivity index (χ4v) is 5.75. The lowest BCUT2D eigenvalue weighted by atomic mass is 9.87. The smallest absolute Gasteiger partial charge is 0.243 e. The third-order valence-electron chi connectivity index (χ3n) is 5.52. The lowest BCUT2D eigenvalue weighted by Gasteiger charge is -2.23. The Kier molecular flexibility index (Phi) is 4.42. The van der Waals surface area contributed by atoms with Crippen molar-refractivity contribution in [3.8, 4) is 0 Å². The van der Waals surface area contributed by atoms with Crippen molar-refractivity contribution in [3.63, 3.8) is 0 Å². The molecular formula is C20H22N2O3S. The number of ketones is 1. The molecule has 1 N–H and O–H groups in total. The first-order valence-electron chi connectivity index (χ1n) is 8.92. The highest BCUT2D eigenvalue weighted by atomic mass is 32.2. The molecule has 0 saturated carbocycles. The summed E-state index contributed by atoms with van der Waals surface area (Å²) >= 11 is 0. The van der Waals surface area contributed by atoms with E-state index in [-0.39, 0.29) is 21.7 Å². The molecule has 2 fully saturated rings. The number of carbonyl (C=O) groups is 1. The Labute approximate surface area is 154 Å². The molecule has 136 valence electrons. The summed E-state index contributed by atoms with van der Waals surface area (Å²) in [5.41, 5.74) is 0.781. The second kappa shape index (κ2) is 6.61. The monoisotopic (exact) mass is 370 g/mol. The predicted molar refractivity (Wildman–Crippen MR) is 99.6 cm³/mol. The normalized spacial score (nSPS) is 23.5. The molecule has 6 heteroatoms. The highest BCUT2D eigenvalue weighted by Crippen LogP contribution is 2.38. The summed E-state index contributed by atoms with van der Waals surface area (Å²) in [4.78, 5) is 13.0. The van der Waals surface area contributed by atoms with Crippen molar-refractivity contribution < 1.29 is 13.2 Å². The van der Waals surface area contributed by atoms with Crippen molar-refractivity contribution in [1.82, 2.24) is 9.62 Å². The molecule has 2 aliphatic rings. The van der Waals surface area contributed by atoms with Crippen LogP contribution < -0.4 is 5.32 Å². The van der Waals surface area contributed by atoms with Gasteiger partial charge in [-0.1, -0.05) is 42.5 Å². The maximum atomic E-state index is 13.3. The summed E-state index contributed by atoms with van der Waals surface area (Å²) < 4.78 is 28.1. The lowest BCUT2D eigenvalue weighted by Crippen LogP contribution is -2.34. The maximum absolute atomic E-state index is 13.3. The first kappa shape index (κ1) is 17.4. The summed E-state index contributed by atoms with van der Waals surface area (Å²) in [6, 6.07) is 15.3. The SMILES string of the molecule is O=C(c1ccccc1)c1ccccc1S(=O)(=O)N1CCC2(CCNC2)C1. The van der Waals surface area contributed by atoms with Crippen LogP contribution in [-0.4, -0.2) is 44.7 Å². The number of nitrogens with one attached hydrogen (secondary N) is 1. The van der Waals surface area contributed by atoms with E-state index in [1.165, 1.54) is 0 Å². The van der Waals surface area contributed by atoms with Crippen molar-refractivity contribution in [1.29, 1.82) is 0 Å². The molecule has 0 aliphatic carbocycles. The molecule has 2 saturated heterocycles. The van der Waals surface area contributed by atoms with Crippen LogP contribution in [-0.2, 0) is 10.0 Å². The first-order valence-corrected chi connectivity index (χ1v) is 10.4. The topological polar surface area (TPSA) is 66.5 Å². The van der Waals surface area contributed by atoms with Crippen LogP contribution in [0.4, 0.5) is 0 Å². The molecule has 2 heterocycles. The molecule has 5 nitrogen and oxygen atoms in total. The molecule has 26 heavy (non-hydrogen) atoms. The number of hydrogen-bond donors (Lipinski definition) is 1. The quantitative estimate of drug-likeness (QED) is 0.839. The van der Waals surface area contributed by atoms with Crippen molar-refractivity contribution in [2.24, 2.45) is 5.41 Å². The van der Waals surface area contributed by atoms with Gasteiger partial charge in [0.25, 0.3) is 0 Å². The van der Waals surface area contributed by atoms with Crippen LogP contribution in [0, 0.1) is 5.41 Å². The third kappa shape index (κ3) is 2.98. The lowest BCUT2D eigenvalue weighted by molar-refractivity contribution is 0.103. The van der Waals surface area contributed by atoms with Crippen molar-refractivity contribution in [3.05, 3.63) is 65.7 Å². The summed E-state index contributed by atoms with van der Waals surface area (Å²) in [6.45, 7) is 2.84. The van der Waals surface area contributed by atoms with Crippen molar-refractivity contribution >= 4 is 15.8 Å². The Bertz CT molecular complexity index is 919. The summed E-state index contributed by atoms with van der Waals surface area (Å²) in [5.74, 6) is -0.263. The average Bonchev–Trinajstić information content (AvgIpc) is 3.32. The van der Waals surface area contributed by atoms with Crippen LogP contribution in [0.2, 0.25) is 0 Å². The molecule has 0 aromatic heterocycles. The van der Waals surface area contributed by atoms with E-state index in [0.717, 1.165) is 25.9 Å². The van der Waals surface area contributed by atoms with E-state index in [1.807, 2.05) is 6.07 Å². The van der Waals surface area contributed by atoms with Crippen molar-refractivity contribution in [2.75, 3.05) is 26.2 Å². The zero-order valence-electron chi connectivity index (χ0n) is 14.5. The average molecular weight is 370 g/mol. The molecule has 2 aliphatic heterocycles. The van der Waals surface area contributed by atoms with Gasteiger partial charge >= 0.3 is 0 Å². The van der Waals surface area contributed by atoms with Crippen LogP contribution in [0.5, 0.6) is 0 Å². The Hall–Kier alpha value is -2.02. The van der Waals surface area contributed by atoms with Gasteiger partial charge in [0.2, 0.25) is 10.0 Å². The molecular weight excluding hydrogens is 348 g/mol. The van der Waals surface area contributed by atoms with Gasteiger partial charge in [-0.2, -0.15) is 4.31 Å². The highest BCUT2D eigenvalue weighted by Gasteiger charge is 2.45. The highest BCUT2D eigenvalue weighted by molar-refractivity contribution is 7.89. The predicted octanol–water partition coefficient (Wildman–Crippen LogP) is 2.29. The first-order chi connectivity index (χ1) is 12.5. The zero-order chi connectivity index (χ0) is 18.2. The maximum Gasteiger partial charge on any atom is 0.243 e. The third-order valence-corrected chi connectivity index (χ3v) is 7.42. The molecule has 4 rings (SSSR count). The minimum atomic E-state index is -3.70. The van der Waals surface area contributed by atoms with Gasteiger partial charge in [-0.25, -0.2) is 8.42 Å². The van der Waals surface area contributed by atoms with E-state index < -0.39 is 10.0 Å². The van der Waals surface area contributed by atoms with Gasteiger partial charge in [0, 0.05) is 30.8 Å². The van der Waals surface area contributed by atoms with E-state index in [4.69, 9.17) is 0 Å². The summed E-state index contributed by atoms with van der Waals surface area (Å²) in [7, 11) is -3.70. The van der Waals surface area contributed by atoms with E-state index >= 15 is 0 Å². The molecule has 2 aromatic rings. The summed E-state index contributed by atoms with van der Waals surface area (Å²) in [5, 5.41) is 3.34. The minimum Gasteiger partial charge on any atom is -0.316 e. The van der Waals surface area contributed by atoms with E-state index in [1.54, 1.807) is 52.8 Å². The molecule has 0 radical (unpaired) electrons. The Balaban J connectivity index is 1.69. The van der Waals surface area contributed by atoms with Crippen molar-refractivity contribution in [2.45, 2.75) is 17.7 Å². The van der Waals surface area contributed by atoms with Gasteiger partial charge in [0.05, 0.1) is 4.90 Å². The Morgan fingerprint density at radius 3 is 2.46 bits per heavy atom. The molecule has 0 amide bonds. The van der Waals surface area contributed by atoms with Crippen LogP contribution in [0.25, 0.3) is 0 Å². The molecule has 1 unspecified atom stereocenters. The standard InChI is InChI=1S/C20H22N2O3S/c23-19(16-6-2-1-3-7-16)17-8-4-5-9-18(17)26(24,25)22-13-11-20(15-22)10-12-21-14-20/h1-9,21H,10-15H2. The van der Waals surface area contributed by atoms with Gasteiger partial charge < -0.3 is 5.32 Å². The largest absolute Gasteiger partial charge is 0.316 e. The Morgan fingerprint density at radius 1 is 1.00 bits per heavy atom. The molecule has 1 spiro atoms. The van der Waals surface area contributed by atoms with Gasteiger partial charge in [0.1, 0.15) is 0 Å². The van der Waals surface area contributed by atoms with Gasteiger partial charge in [-0.05, 0) is 36.9 Å². The van der Waals surface area contributed by atoms with Gasteiger partial charge in [-0.15, -0.1) is 0 Å². The van der Waals surface area contributed by atoms with Gasteiger partial charge in [-0.3, -0.25) is 4.79 Å². The number of benzene rings is 2. The number of carbonyl (C=O) groups excluding carboxylic acids is 1. The number of sulfonamides is 1.